The van der Waals surface area contributed by atoms with Gasteiger partial charge in [0.05, 0.1) is 5.60 Å². The third kappa shape index (κ3) is 6.22. The smallest absolute Gasteiger partial charge is 0.0692 e. The van der Waals surface area contributed by atoms with Crippen molar-refractivity contribution in [1.29, 1.82) is 0 Å². The molecule has 0 saturated carbocycles. The molecule has 0 aromatic heterocycles. The van der Waals surface area contributed by atoms with Crippen LogP contribution in [0.4, 0.5) is 0 Å². The first-order chi connectivity index (χ1) is 9.52. The molecule has 1 aromatic carbocycles. The van der Waals surface area contributed by atoms with Crippen molar-refractivity contribution in [2.24, 2.45) is 11.8 Å². The second-order valence-corrected chi connectivity index (χ2v) is 8.54. The van der Waals surface area contributed by atoms with Gasteiger partial charge in [0.1, 0.15) is 0 Å². The van der Waals surface area contributed by atoms with Crippen molar-refractivity contribution in [1.82, 2.24) is 0 Å². The molecule has 0 amide bonds. The van der Waals surface area contributed by atoms with Gasteiger partial charge in [-0.1, -0.05) is 72.7 Å². The molecule has 1 rings (SSSR count). The van der Waals surface area contributed by atoms with Gasteiger partial charge in [-0.25, -0.2) is 0 Å². The van der Waals surface area contributed by atoms with E-state index >= 15 is 0 Å². The SMILES string of the molecule is CC(C)CC(O)(Cc1ccc(C(C)(C)C)cc1)CC(C)C. The Kier molecular flexibility index (Phi) is 6.04. The van der Waals surface area contributed by atoms with Crippen LogP contribution in [0.5, 0.6) is 0 Å². The normalized spacial score (nSPS) is 13.2. The fraction of sp³-hybridized carbons (Fsp3) is 0.700. The summed E-state index contributed by atoms with van der Waals surface area (Å²) in [6, 6.07) is 8.79. The summed E-state index contributed by atoms with van der Waals surface area (Å²) in [5, 5.41) is 11.0. The van der Waals surface area contributed by atoms with E-state index in [9.17, 15) is 5.11 Å². The lowest BCUT2D eigenvalue weighted by atomic mass is 9.80. The summed E-state index contributed by atoms with van der Waals surface area (Å²) in [5.41, 5.74) is 2.20. The minimum Gasteiger partial charge on any atom is -0.390 e. The predicted octanol–water partition coefficient (Wildman–Crippen LogP) is 5.35. The molecule has 0 atom stereocenters. The summed E-state index contributed by atoms with van der Waals surface area (Å²) in [4.78, 5) is 0. The van der Waals surface area contributed by atoms with Gasteiger partial charge in [-0.05, 0) is 41.2 Å². The van der Waals surface area contributed by atoms with E-state index in [4.69, 9.17) is 0 Å². The zero-order valence-corrected chi connectivity index (χ0v) is 15.0. The Labute approximate surface area is 131 Å². The summed E-state index contributed by atoms with van der Waals surface area (Å²) in [6.07, 6.45) is 2.49. The number of benzene rings is 1. The summed E-state index contributed by atoms with van der Waals surface area (Å²) in [7, 11) is 0. The van der Waals surface area contributed by atoms with Gasteiger partial charge >= 0.3 is 0 Å². The van der Waals surface area contributed by atoms with E-state index in [-0.39, 0.29) is 5.41 Å². The molecule has 1 N–H and O–H groups in total. The van der Waals surface area contributed by atoms with Crippen molar-refractivity contribution in [3.8, 4) is 0 Å². The van der Waals surface area contributed by atoms with Gasteiger partial charge in [0, 0.05) is 6.42 Å². The van der Waals surface area contributed by atoms with Gasteiger partial charge in [0.25, 0.3) is 0 Å². The fourth-order valence-electron chi connectivity index (χ4n) is 3.25. The Balaban J connectivity index is 2.88. The Morgan fingerprint density at radius 3 is 1.62 bits per heavy atom. The van der Waals surface area contributed by atoms with Gasteiger partial charge < -0.3 is 5.11 Å². The number of hydrogen-bond donors (Lipinski definition) is 1. The van der Waals surface area contributed by atoms with Crippen LogP contribution in [-0.2, 0) is 11.8 Å². The van der Waals surface area contributed by atoms with Crippen LogP contribution in [0, 0.1) is 11.8 Å². The molecule has 0 bridgehead atoms. The number of hydrogen-bond acceptors (Lipinski definition) is 1. The van der Waals surface area contributed by atoms with Gasteiger partial charge in [-0.3, -0.25) is 0 Å². The second-order valence-electron chi connectivity index (χ2n) is 8.54. The minimum absolute atomic E-state index is 0.185. The maximum atomic E-state index is 11.0. The lowest BCUT2D eigenvalue weighted by molar-refractivity contribution is 0.000742. The van der Waals surface area contributed by atoms with E-state index in [1.807, 2.05) is 0 Å². The molecule has 120 valence electrons. The molecule has 1 nitrogen and oxygen atoms in total. The maximum absolute atomic E-state index is 11.0. The van der Waals surface area contributed by atoms with Crippen LogP contribution in [0.2, 0.25) is 0 Å². The number of aliphatic hydroxyl groups is 1. The van der Waals surface area contributed by atoms with Gasteiger partial charge in [-0.2, -0.15) is 0 Å². The van der Waals surface area contributed by atoms with Crippen LogP contribution in [0.3, 0.4) is 0 Å². The monoisotopic (exact) mass is 290 g/mol. The minimum atomic E-state index is -0.578. The van der Waals surface area contributed by atoms with E-state index < -0.39 is 5.60 Å². The zero-order chi connectivity index (χ0) is 16.3. The van der Waals surface area contributed by atoms with Gasteiger partial charge in [-0.15, -0.1) is 0 Å². The highest BCUT2D eigenvalue weighted by atomic mass is 16.3. The predicted molar refractivity (Wildman–Crippen MR) is 92.7 cm³/mol. The average molecular weight is 290 g/mol. The quantitative estimate of drug-likeness (QED) is 0.748. The Hall–Kier alpha value is -0.820. The van der Waals surface area contributed by atoms with Crippen molar-refractivity contribution in [2.45, 2.75) is 78.7 Å². The summed E-state index contributed by atoms with van der Waals surface area (Å²) in [6.45, 7) is 15.5. The summed E-state index contributed by atoms with van der Waals surface area (Å²) < 4.78 is 0. The molecule has 0 spiro atoms. The van der Waals surface area contributed by atoms with E-state index in [1.54, 1.807) is 0 Å². The largest absolute Gasteiger partial charge is 0.390 e. The maximum Gasteiger partial charge on any atom is 0.0692 e. The van der Waals surface area contributed by atoms with E-state index in [1.165, 1.54) is 11.1 Å². The van der Waals surface area contributed by atoms with Gasteiger partial charge in [0.2, 0.25) is 0 Å². The molecule has 0 aliphatic carbocycles. The third-order valence-electron chi connectivity index (χ3n) is 3.93. The molecular formula is C20H34O. The topological polar surface area (TPSA) is 20.2 Å². The average Bonchev–Trinajstić information content (AvgIpc) is 2.25. The van der Waals surface area contributed by atoms with Crippen LogP contribution in [0.1, 0.15) is 72.4 Å². The highest BCUT2D eigenvalue weighted by Gasteiger charge is 2.29. The standard InChI is InChI=1S/C20H34O/c1-15(2)12-20(21,13-16(3)4)14-17-8-10-18(11-9-17)19(5,6)7/h8-11,15-16,21H,12-14H2,1-7H3. The van der Waals surface area contributed by atoms with Crippen molar-refractivity contribution in [2.75, 3.05) is 0 Å². The highest BCUT2D eigenvalue weighted by molar-refractivity contribution is 5.28. The first-order valence-electron chi connectivity index (χ1n) is 8.34. The lowest BCUT2D eigenvalue weighted by Crippen LogP contribution is -2.35. The summed E-state index contributed by atoms with van der Waals surface area (Å²) in [5.74, 6) is 1.03. The molecule has 0 saturated heterocycles. The second kappa shape index (κ2) is 6.96. The molecule has 0 aliphatic rings. The van der Waals surface area contributed by atoms with Crippen LogP contribution in [-0.4, -0.2) is 10.7 Å². The number of rotatable bonds is 6. The molecular weight excluding hydrogens is 256 g/mol. The van der Waals surface area contributed by atoms with Crippen LogP contribution >= 0.6 is 0 Å². The van der Waals surface area contributed by atoms with Crippen molar-refractivity contribution < 1.29 is 5.11 Å². The van der Waals surface area contributed by atoms with E-state index in [0.29, 0.717) is 11.8 Å². The first-order valence-corrected chi connectivity index (χ1v) is 8.34. The molecule has 0 aliphatic heterocycles. The van der Waals surface area contributed by atoms with E-state index in [2.05, 4.69) is 72.7 Å². The van der Waals surface area contributed by atoms with E-state index in [0.717, 1.165) is 19.3 Å². The fourth-order valence-corrected chi connectivity index (χ4v) is 3.25. The first kappa shape index (κ1) is 18.2. The van der Waals surface area contributed by atoms with Crippen molar-refractivity contribution in [3.05, 3.63) is 35.4 Å². The Morgan fingerprint density at radius 1 is 0.857 bits per heavy atom. The van der Waals surface area contributed by atoms with Gasteiger partial charge in [0.15, 0.2) is 0 Å². The van der Waals surface area contributed by atoms with Crippen LogP contribution in [0.15, 0.2) is 24.3 Å². The zero-order valence-electron chi connectivity index (χ0n) is 15.0. The molecule has 21 heavy (non-hydrogen) atoms. The Morgan fingerprint density at radius 2 is 1.29 bits per heavy atom. The van der Waals surface area contributed by atoms with Crippen LogP contribution in [0.25, 0.3) is 0 Å². The third-order valence-corrected chi connectivity index (χ3v) is 3.93. The molecule has 0 radical (unpaired) electrons. The molecule has 1 heteroatoms. The molecule has 0 heterocycles. The lowest BCUT2D eigenvalue weighted by Gasteiger charge is -2.32. The van der Waals surface area contributed by atoms with Crippen molar-refractivity contribution in [3.63, 3.8) is 0 Å². The molecule has 0 unspecified atom stereocenters. The van der Waals surface area contributed by atoms with Crippen LogP contribution < -0.4 is 0 Å². The summed E-state index contributed by atoms with van der Waals surface area (Å²) >= 11 is 0. The Bertz CT molecular complexity index is 410. The highest BCUT2D eigenvalue weighted by Crippen LogP contribution is 2.30. The van der Waals surface area contributed by atoms with Crippen molar-refractivity contribution >= 4 is 0 Å². The molecule has 0 fully saturated rings. The molecule has 1 aromatic rings.